The molecule has 1 heterocycles. The molecule has 7 heteroatoms. The summed E-state index contributed by atoms with van der Waals surface area (Å²) in [7, 11) is 1.89. The van der Waals surface area contributed by atoms with Crippen molar-refractivity contribution in [3.05, 3.63) is 101 Å². The van der Waals surface area contributed by atoms with Gasteiger partial charge in [-0.2, -0.15) is 0 Å². The van der Waals surface area contributed by atoms with E-state index in [1.54, 1.807) is 0 Å². The predicted molar refractivity (Wildman–Crippen MR) is 125 cm³/mol. The minimum atomic E-state index is -0.209. The predicted octanol–water partition coefficient (Wildman–Crippen LogP) is 5.13. The number of hydrogen-bond acceptors (Lipinski definition) is 4. The lowest BCUT2D eigenvalue weighted by Gasteiger charge is -2.19. The average Bonchev–Trinajstić information content (AvgIpc) is 3.18. The van der Waals surface area contributed by atoms with Crippen LogP contribution in [0.4, 0.5) is 0 Å². The molecule has 0 aliphatic rings. The number of benzene rings is 3. The Bertz CT molecular complexity index is 1110. The molecule has 0 fully saturated rings. The maximum absolute atomic E-state index is 12.8. The zero-order valence-electron chi connectivity index (χ0n) is 16.9. The topological polar surface area (TPSA) is 59.8 Å². The monoisotopic (exact) mass is 448 g/mol. The third-order valence-corrected chi connectivity index (χ3v) is 6.11. The first-order valence-electron chi connectivity index (χ1n) is 9.79. The van der Waals surface area contributed by atoms with Gasteiger partial charge in [-0.05, 0) is 35.4 Å². The molecule has 31 heavy (non-hydrogen) atoms. The van der Waals surface area contributed by atoms with Crippen LogP contribution in [0.5, 0.6) is 0 Å². The molecule has 3 aromatic carbocycles. The van der Waals surface area contributed by atoms with Crippen LogP contribution in [0.15, 0.2) is 90.1 Å². The Hall–Kier alpha value is -3.09. The minimum absolute atomic E-state index is 0.0706. The number of nitrogens with one attached hydrogen (secondary N) is 1. The number of carbonyl (C=O) groups excluding carboxylic acids is 1. The molecule has 0 saturated carbocycles. The summed E-state index contributed by atoms with van der Waals surface area (Å²) in [6.07, 6.45) is 0. The van der Waals surface area contributed by atoms with Gasteiger partial charge >= 0.3 is 0 Å². The summed E-state index contributed by atoms with van der Waals surface area (Å²) >= 11 is 7.32. The van der Waals surface area contributed by atoms with Crippen molar-refractivity contribution in [1.82, 2.24) is 20.1 Å². The van der Waals surface area contributed by atoms with Gasteiger partial charge in [-0.3, -0.25) is 4.79 Å². The van der Waals surface area contributed by atoms with Gasteiger partial charge in [-0.1, -0.05) is 84.0 Å². The standard InChI is InChI=1S/C24H21ClN4OS/c1-29-23(19-12-14-20(25)15-13-19)27-28-24(29)31-16-21(30)26-22(17-8-4-2-5-9-17)18-10-6-3-7-11-18/h2-15,22H,16H2,1H3,(H,26,30). The molecule has 1 amide bonds. The maximum Gasteiger partial charge on any atom is 0.231 e. The average molecular weight is 449 g/mol. The smallest absolute Gasteiger partial charge is 0.231 e. The van der Waals surface area contributed by atoms with Gasteiger partial charge in [0.25, 0.3) is 0 Å². The summed E-state index contributed by atoms with van der Waals surface area (Å²) in [6, 6.07) is 27.2. The number of halogens is 1. The van der Waals surface area contributed by atoms with Gasteiger partial charge in [0.2, 0.25) is 5.91 Å². The van der Waals surface area contributed by atoms with Crippen LogP contribution < -0.4 is 5.32 Å². The van der Waals surface area contributed by atoms with Crippen LogP contribution in [0.2, 0.25) is 5.02 Å². The van der Waals surface area contributed by atoms with Crippen LogP contribution in [0.25, 0.3) is 11.4 Å². The molecule has 0 aliphatic carbocycles. The molecule has 156 valence electrons. The highest BCUT2D eigenvalue weighted by molar-refractivity contribution is 7.99. The van der Waals surface area contributed by atoms with Crippen molar-refractivity contribution >= 4 is 29.3 Å². The van der Waals surface area contributed by atoms with Gasteiger partial charge in [0.15, 0.2) is 11.0 Å². The summed E-state index contributed by atoms with van der Waals surface area (Å²) < 4.78 is 1.88. The second kappa shape index (κ2) is 9.81. The normalized spacial score (nSPS) is 10.9. The fourth-order valence-electron chi connectivity index (χ4n) is 3.27. The second-order valence-electron chi connectivity index (χ2n) is 6.98. The lowest BCUT2D eigenvalue weighted by atomic mass is 9.99. The number of nitrogens with zero attached hydrogens (tertiary/aromatic N) is 3. The Balaban J connectivity index is 1.45. The van der Waals surface area contributed by atoms with Gasteiger partial charge in [-0.15, -0.1) is 10.2 Å². The number of thioether (sulfide) groups is 1. The Morgan fingerprint density at radius 3 is 2.10 bits per heavy atom. The fraction of sp³-hybridized carbons (Fsp3) is 0.125. The highest BCUT2D eigenvalue weighted by Crippen LogP contribution is 2.25. The zero-order valence-corrected chi connectivity index (χ0v) is 18.5. The SMILES string of the molecule is Cn1c(SCC(=O)NC(c2ccccc2)c2ccccc2)nnc1-c1ccc(Cl)cc1. The third-order valence-electron chi connectivity index (χ3n) is 4.84. The molecule has 0 atom stereocenters. The van der Waals surface area contributed by atoms with Gasteiger partial charge < -0.3 is 9.88 Å². The molecular formula is C24H21ClN4OS. The van der Waals surface area contributed by atoms with Crippen LogP contribution >= 0.6 is 23.4 Å². The summed E-state index contributed by atoms with van der Waals surface area (Å²) in [6.45, 7) is 0. The third kappa shape index (κ3) is 5.16. The summed E-state index contributed by atoms with van der Waals surface area (Å²) in [5, 5.41) is 13.0. The first kappa shape index (κ1) is 21.2. The van der Waals surface area contributed by atoms with E-state index in [1.807, 2.05) is 96.5 Å². The van der Waals surface area contributed by atoms with E-state index in [-0.39, 0.29) is 17.7 Å². The van der Waals surface area contributed by atoms with E-state index in [0.29, 0.717) is 10.2 Å². The van der Waals surface area contributed by atoms with E-state index < -0.39 is 0 Å². The molecular weight excluding hydrogens is 428 g/mol. The fourth-order valence-corrected chi connectivity index (χ4v) is 4.12. The van der Waals surface area contributed by atoms with Gasteiger partial charge in [0, 0.05) is 17.6 Å². The number of carbonyl (C=O) groups is 1. The van der Waals surface area contributed by atoms with Crippen LogP contribution in [0.3, 0.4) is 0 Å². The quantitative estimate of drug-likeness (QED) is 0.398. The Morgan fingerprint density at radius 2 is 1.52 bits per heavy atom. The summed E-state index contributed by atoms with van der Waals surface area (Å²) in [4.78, 5) is 12.8. The van der Waals surface area contributed by atoms with Crippen LogP contribution in [-0.2, 0) is 11.8 Å². The van der Waals surface area contributed by atoms with Crippen LogP contribution in [0.1, 0.15) is 17.2 Å². The zero-order chi connectivity index (χ0) is 21.6. The maximum atomic E-state index is 12.8. The van der Waals surface area contributed by atoms with Crippen molar-refractivity contribution in [2.45, 2.75) is 11.2 Å². The highest BCUT2D eigenvalue weighted by atomic mass is 35.5. The lowest BCUT2D eigenvalue weighted by Crippen LogP contribution is -2.30. The largest absolute Gasteiger partial charge is 0.344 e. The molecule has 0 spiro atoms. The van der Waals surface area contributed by atoms with Crippen molar-refractivity contribution in [2.75, 3.05) is 5.75 Å². The Morgan fingerprint density at radius 1 is 0.935 bits per heavy atom. The van der Waals surface area contributed by atoms with Crippen molar-refractivity contribution < 1.29 is 4.79 Å². The van der Waals surface area contributed by atoms with Gasteiger partial charge in [0.1, 0.15) is 0 Å². The summed E-state index contributed by atoms with van der Waals surface area (Å²) in [5.41, 5.74) is 3.00. The van der Waals surface area contributed by atoms with E-state index in [2.05, 4.69) is 15.5 Å². The first-order valence-corrected chi connectivity index (χ1v) is 11.2. The number of rotatable bonds is 7. The molecule has 4 aromatic rings. The number of amides is 1. The Kier molecular flexibility index (Phi) is 6.70. The van der Waals surface area contributed by atoms with Crippen molar-refractivity contribution in [2.24, 2.45) is 7.05 Å². The molecule has 5 nitrogen and oxygen atoms in total. The van der Waals surface area contributed by atoms with Crippen LogP contribution in [0, 0.1) is 0 Å². The van der Waals surface area contributed by atoms with Gasteiger partial charge in [-0.25, -0.2) is 0 Å². The van der Waals surface area contributed by atoms with E-state index in [0.717, 1.165) is 22.5 Å². The number of hydrogen-bond donors (Lipinski definition) is 1. The molecule has 0 bridgehead atoms. The van der Waals surface area contributed by atoms with Crippen LogP contribution in [-0.4, -0.2) is 26.4 Å². The van der Waals surface area contributed by atoms with E-state index in [9.17, 15) is 4.79 Å². The van der Waals surface area contributed by atoms with Crippen molar-refractivity contribution in [3.63, 3.8) is 0 Å². The number of aromatic nitrogens is 3. The lowest BCUT2D eigenvalue weighted by molar-refractivity contribution is -0.119. The molecule has 4 rings (SSSR count). The van der Waals surface area contributed by atoms with Gasteiger partial charge in [0.05, 0.1) is 11.8 Å². The van der Waals surface area contributed by atoms with E-state index >= 15 is 0 Å². The van der Waals surface area contributed by atoms with E-state index in [1.165, 1.54) is 11.8 Å². The first-order chi connectivity index (χ1) is 15.1. The highest BCUT2D eigenvalue weighted by Gasteiger charge is 2.18. The summed E-state index contributed by atoms with van der Waals surface area (Å²) in [5.74, 6) is 0.896. The minimum Gasteiger partial charge on any atom is -0.344 e. The van der Waals surface area contributed by atoms with E-state index in [4.69, 9.17) is 11.6 Å². The molecule has 1 aromatic heterocycles. The molecule has 0 aliphatic heterocycles. The van der Waals surface area contributed by atoms with Crippen molar-refractivity contribution in [1.29, 1.82) is 0 Å². The second-order valence-corrected chi connectivity index (χ2v) is 8.36. The molecule has 0 unspecified atom stereocenters. The molecule has 0 radical (unpaired) electrons. The molecule has 1 N–H and O–H groups in total. The molecule has 0 saturated heterocycles. The Labute approximate surface area is 190 Å². The van der Waals surface area contributed by atoms with Crippen molar-refractivity contribution in [3.8, 4) is 11.4 Å².